The number of rotatable bonds is 5. The van der Waals surface area contributed by atoms with Gasteiger partial charge in [0.05, 0.1) is 24.1 Å². The molecule has 0 amide bonds. The van der Waals surface area contributed by atoms with Crippen LogP contribution in [0.2, 0.25) is 0 Å². The Bertz CT molecular complexity index is 1360. The Balaban J connectivity index is 1.28. The Kier molecular flexibility index (Phi) is 5.99. The number of ether oxygens (including phenoxy) is 1. The molecule has 0 unspecified atom stereocenters. The summed E-state index contributed by atoms with van der Waals surface area (Å²) in [6, 6.07) is 20.3. The van der Waals surface area contributed by atoms with Gasteiger partial charge in [-0.1, -0.05) is 18.2 Å². The van der Waals surface area contributed by atoms with Gasteiger partial charge in [-0.05, 0) is 78.9 Å². The first-order chi connectivity index (χ1) is 16.5. The van der Waals surface area contributed by atoms with Crippen LogP contribution in [-0.2, 0) is 19.4 Å². The lowest BCUT2D eigenvalue weighted by Gasteiger charge is -2.19. The van der Waals surface area contributed by atoms with Crippen molar-refractivity contribution in [3.05, 3.63) is 82.9 Å². The molecule has 5 rings (SSSR count). The van der Waals surface area contributed by atoms with Crippen molar-refractivity contribution in [2.24, 2.45) is 4.99 Å². The molecule has 0 bridgehead atoms. The van der Waals surface area contributed by atoms with Crippen molar-refractivity contribution >= 4 is 28.0 Å². The highest BCUT2D eigenvalue weighted by Crippen LogP contribution is 2.30. The van der Waals surface area contributed by atoms with Crippen molar-refractivity contribution < 1.29 is 9.84 Å². The van der Waals surface area contributed by atoms with E-state index in [4.69, 9.17) is 15.5 Å². The number of nitrogen functional groups attached to an aromatic ring is 1. The molecule has 4 N–H and O–H groups in total. The molecule has 174 valence electrons. The molecule has 0 radical (unpaired) electrons. The minimum absolute atomic E-state index is 0.109. The zero-order valence-corrected chi connectivity index (χ0v) is 19.6. The van der Waals surface area contributed by atoms with Gasteiger partial charge >= 0.3 is 0 Å². The Hall–Kier alpha value is -3.77. The van der Waals surface area contributed by atoms with E-state index in [1.165, 1.54) is 16.7 Å². The zero-order chi connectivity index (χ0) is 23.7. The molecule has 0 fully saturated rings. The SMILES string of the molecule is COc1ccc2c(c1)CCN(Cc1ccc(N=C(C)c3c(O)[nH]c4ccc(N)cc34)cc1)CC2. The standard InChI is InChI=1S/C28H30N4O2/c1-18(27-25-16-22(29)6-10-26(25)31-28(27)33)30-23-7-3-19(4-8-23)17-32-13-11-20-5-9-24(34-2)15-21(20)12-14-32/h3-10,15-16,31,33H,11-14,17,29H2,1-2H3. The third kappa shape index (κ3) is 4.50. The largest absolute Gasteiger partial charge is 0.497 e. The lowest BCUT2D eigenvalue weighted by atomic mass is 10.0. The maximum atomic E-state index is 10.4. The number of aliphatic imine (C=N–C) groups is 1. The minimum Gasteiger partial charge on any atom is -0.497 e. The summed E-state index contributed by atoms with van der Waals surface area (Å²) in [6.45, 7) is 4.89. The van der Waals surface area contributed by atoms with Gasteiger partial charge in [-0.3, -0.25) is 9.89 Å². The predicted molar refractivity (Wildman–Crippen MR) is 138 cm³/mol. The lowest BCUT2D eigenvalue weighted by molar-refractivity contribution is 0.279. The molecule has 4 aromatic rings. The van der Waals surface area contributed by atoms with Crippen LogP contribution in [0.15, 0.2) is 65.7 Å². The van der Waals surface area contributed by atoms with Crippen LogP contribution in [0.5, 0.6) is 11.6 Å². The summed E-state index contributed by atoms with van der Waals surface area (Å²) in [6.07, 6.45) is 2.09. The fourth-order valence-corrected chi connectivity index (χ4v) is 4.78. The molecule has 2 heterocycles. The quantitative estimate of drug-likeness (QED) is 0.286. The molecular weight excluding hydrogens is 424 g/mol. The number of nitrogens with two attached hydrogens (primary N) is 1. The van der Waals surface area contributed by atoms with Gasteiger partial charge in [-0.2, -0.15) is 0 Å². The molecular formula is C28H30N4O2. The summed E-state index contributed by atoms with van der Waals surface area (Å²) in [5.41, 5.74) is 13.8. The van der Waals surface area contributed by atoms with Crippen molar-refractivity contribution in [3.8, 4) is 11.6 Å². The van der Waals surface area contributed by atoms with Crippen molar-refractivity contribution in [2.45, 2.75) is 26.3 Å². The lowest BCUT2D eigenvalue weighted by Crippen LogP contribution is -2.25. The number of aromatic amines is 1. The highest BCUT2D eigenvalue weighted by Gasteiger charge is 2.16. The molecule has 0 spiro atoms. The first-order valence-electron chi connectivity index (χ1n) is 11.6. The van der Waals surface area contributed by atoms with Crippen LogP contribution in [-0.4, -0.2) is 40.9 Å². The van der Waals surface area contributed by atoms with Crippen LogP contribution in [0, 0.1) is 0 Å². The number of benzene rings is 3. The minimum atomic E-state index is 0.109. The summed E-state index contributed by atoms with van der Waals surface area (Å²) in [5.74, 6) is 1.04. The average molecular weight is 455 g/mol. The third-order valence-electron chi connectivity index (χ3n) is 6.61. The zero-order valence-electron chi connectivity index (χ0n) is 19.6. The van der Waals surface area contributed by atoms with E-state index in [0.717, 1.165) is 60.5 Å². The van der Waals surface area contributed by atoms with Crippen molar-refractivity contribution in [2.75, 3.05) is 25.9 Å². The van der Waals surface area contributed by atoms with Gasteiger partial charge in [0.25, 0.3) is 0 Å². The first kappa shape index (κ1) is 22.0. The maximum Gasteiger partial charge on any atom is 0.198 e. The van der Waals surface area contributed by atoms with Gasteiger partial charge in [0.1, 0.15) is 5.75 Å². The van der Waals surface area contributed by atoms with Gasteiger partial charge < -0.3 is 20.6 Å². The van der Waals surface area contributed by atoms with Crippen LogP contribution in [0.3, 0.4) is 0 Å². The molecule has 1 aliphatic rings. The summed E-state index contributed by atoms with van der Waals surface area (Å²) >= 11 is 0. The number of nitrogens with zero attached hydrogens (tertiary/aromatic N) is 2. The normalized spacial score (nSPS) is 14.7. The Labute approximate surface area is 199 Å². The van der Waals surface area contributed by atoms with Crippen LogP contribution >= 0.6 is 0 Å². The fourth-order valence-electron chi connectivity index (χ4n) is 4.78. The topological polar surface area (TPSA) is 86.9 Å². The van der Waals surface area contributed by atoms with E-state index in [1.807, 2.05) is 37.3 Å². The number of H-pyrrole nitrogens is 1. The van der Waals surface area contributed by atoms with Crippen LogP contribution in [0.25, 0.3) is 10.9 Å². The molecule has 1 aromatic heterocycles. The second kappa shape index (κ2) is 9.23. The smallest absolute Gasteiger partial charge is 0.198 e. The number of hydrogen-bond acceptors (Lipinski definition) is 5. The fraction of sp³-hybridized carbons (Fsp3) is 0.250. The number of hydrogen-bond donors (Lipinski definition) is 3. The van der Waals surface area contributed by atoms with E-state index >= 15 is 0 Å². The highest BCUT2D eigenvalue weighted by molar-refractivity contribution is 6.13. The number of fused-ring (bicyclic) bond motifs is 2. The molecule has 34 heavy (non-hydrogen) atoms. The Morgan fingerprint density at radius 2 is 1.79 bits per heavy atom. The van der Waals surface area contributed by atoms with Crippen LogP contribution in [0.4, 0.5) is 11.4 Å². The second-order valence-electron chi connectivity index (χ2n) is 8.93. The van der Waals surface area contributed by atoms with Gasteiger partial charge in [-0.15, -0.1) is 0 Å². The van der Waals surface area contributed by atoms with Crippen LogP contribution in [0.1, 0.15) is 29.2 Å². The van der Waals surface area contributed by atoms with Gasteiger partial charge in [0, 0.05) is 36.2 Å². The number of nitrogens with one attached hydrogen (secondary N) is 1. The van der Waals surface area contributed by atoms with E-state index < -0.39 is 0 Å². The Morgan fingerprint density at radius 1 is 1.03 bits per heavy atom. The Morgan fingerprint density at radius 3 is 2.56 bits per heavy atom. The van der Waals surface area contributed by atoms with E-state index in [2.05, 4.69) is 40.2 Å². The van der Waals surface area contributed by atoms with Crippen molar-refractivity contribution in [1.82, 2.24) is 9.88 Å². The van der Waals surface area contributed by atoms with E-state index in [0.29, 0.717) is 11.3 Å². The van der Waals surface area contributed by atoms with Crippen molar-refractivity contribution in [1.29, 1.82) is 0 Å². The molecule has 0 aliphatic carbocycles. The summed E-state index contributed by atoms with van der Waals surface area (Å²) in [7, 11) is 1.72. The summed E-state index contributed by atoms with van der Waals surface area (Å²) in [5, 5.41) is 11.3. The average Bonchev–Trinajstić information content (AvgIpc) is 3.03. The molecule has 0 saturated heterocycles. The highest BCUT2D eigenvalue weighted by atomic mass is 16.5. The molecule has 0 atom stereocenters. The molecule has 0 saturated carbocycles. The van der Waals surface area contributed by atoms with E-state index in [-0.39, 0.29) is 5.88 Å². The number of methoxy groups -OCH3 is 1. The maximum absolute atomic E-state index is 10.4. The predicted octanol–water partition coefficient (Wildman–Crippen LogP) is 5.21. The van der Waals surface area contributed by atoms with Gasteiger partial charge in [0.15, 0.2) is 5.88 Å². The number of aromatic hydroxyl groups is 1. The van der Waals surface area contributed by atoms with Gasteiger partial charge in [0.2, 0.25) is 0 Å². The summed E-state index contributed by atoms with van der Waals surface area (Å²) < 4.78 is 5.39. The van der Waals surface area contributed by atoms with Crippen LogP contribution < -0.4 is 10.5 Å². The number of aromatic nitrogens is 1. The van der Waals surface area contributed by atoms with Gasteiger partial charge in [-0.25, -0.2) is 0 Å². The number of anilines is 1. The molecule has 1 aliphatic heterocycles. The van der Waals surface area contributed by atoms with E-state index in [1.54, 1.807) is 7.11 Å². The van der Waals surface area contributed by atoms with Crippen molar-refractivity contribution in [3.63, 3.8) is 0 Å². The first-order valence-corrected chi connectivity index (χ1v) is 11.6. The third-order valence-corrected chi connectivity index (χ3v) is 6.61. The monoisotopic (exact) mass is 454 g/mol. The second-order valence-corrected chi connectivity index (χ2v) is 8.93. The molecule has 6 heteroatoms. The summed E-state index contributed by atoms with van der Waals surface area (Å²) in [4.78, 5) is 10.3. The molecule has 3 aromatic carbocycles. The van der Waals surface area contributed by atoms with E-state index in [9.17, 15) is 5.11 Å². The molecule has 6 nitrogen and oxygen atoms in total.